The van der Waals surface area contributed by atoms with E-state index in [1.165, 1.54) is 36.7 Å². The van der Waals surface area contributed by atoms with Crippen LogP contribution in [0.25, 0.3) is 10.8 Å². The standard InChI is InChI=1S/C34H38N4O7S/c1-22-19-38(23(2)21-39)33(40)29-18-25(35-34(41)36-30-11-7-9-24-8-5-6-10-28(24)30)12-17-31(29)45-32(22)20-37(3)46(42,43)27-15-13-26(44-4)14-16-27/h5-18,22-23,32,39H,19-21H2,1-4H3,(H2,35,36,41)/t22-,23+,32+/m1/s1. The van der Waals surface area contributed by atoms with Crippen LogP contribution < -0.4 is 20.1 Å². The largest absolute Gasteiger partial charge is 0.497 e. The summed E-state index contributed by atoms with van der Waals surface area (Å²) in [5.74, 6) is 0.104. The molecule has 0 spiro atoms. The number of aliphatic hydroxyl groups is 1. The second-order valence-corrected chi connectivity index (χ2v) is 13.4. The molecule has 46 heavy (non-hydrogen) atoms. The molecule has 0 saturated carbocycles. The molecule has 0 aromatic heterocycles. The van der Waals surface area contributed by atoms with E-state index in [1.54, 1.807) is 42.2 Å². The van der Waals surface area contributed by atoms with Crippen molar-refractivity contribution < 1.29 is 32.6 Å². The summed E-state index contributed by atoms with van der Waals surface area (Å²) < 4.78 is 39.6. The van der Waals surface area contributed by atoms with Gasteiger partial charge in [-0.2, -0.15) is 4.31 Å². The van der Waals surface area contributed by atoms with Gasteiger partial charge in [-0.25, -0.2) is 13.2 Å². The van der Waals surface area contributed by atoms with Crippen molar-refractivity contribution >= 4 is 44.1 Å². The quantitative estimate of drug-likeness (QED) is 0.232. The maximum absolute atomic E-state index is 13.8. The lowest BCUT2D eigenvalue weighted by Crippen LogP contribution is -2.50. The summed E-state index contributed by atoms with van der Waals surface area (Å²) in [4.78, 5) is 28.5. The SMILES string of the molecule is COc1ccc(S(=O)(=O)N(C)C[C@@H]2Oc3ccc(NC(=O)Nc4cccc5ccccc45)cc3C(=O)N([C@@H](C)CO)C[C@H]2C)cc1. The average molecular weight is 647 g/mol. The van der Waals surface area contributed by atoms with Crippen LogP contribution in [0.5, 0.6) is 11.5 Å². The van der Waals surface area contributed by atoms with Crippen molar-refractivity contribution in [2.45, 2.75) is 30.9 Å². The van der Waals surface area contributed by atoms with Gasteiger partial charge in [0.2, 0.25) is 10.0 Å². The van der Waals surface area contributed by atoms with Gasteiger partial charge in [-0.1, -0.05) is 43.3 Å². The molecule has 1 aliphatic heterocycles. The number of ether oxygens (including phenoxy) is 2. The number of likely N-dealkylation sites (N-methyl/N-ethyl adjacent to an activating group) is 1. The Kier molecular flexibility index (Phi) is 9.80. The number of aliphatic hydroxyl groups excluding tert-OH is 1. The summed E-state index contributed by atoms with van der Waals surface area (Å²) >= 11 is 0. The molecule has 3 amide bonds. The van der Waals surface area contributed by atoms with Crippen molar-refractivity contribution in [3.05, 3.63) is 90.5 Å². The fraction of sp³-hybridized carbons (Fsp3) is 0.294. The minimum Gasteiger partial charge on any atom is -0.497 e. The van der Waals surface area contributed by atoms with Gasteiger partial charge in [0, 0.05) is 30.6 Å². The zero-order chi connectivity index (χ0) is 33.0. The van der Waals surface area contributed by atoms with E-state index in [0.717, 1.165) is 10.8 Å². The highest BCUT2D eigenvalue weighted by Crippen LogP contribution is 2.32. The zero-order valence-corrected chi connectivity index (χ0v) is 27.0. The van der Waals surface area contributed by atoms with Gasteiger partial charge in [-0.3, -0.25) is 4.79 Å². The average Bonchev–Trinajstić information content (AvgIpc) is 3.06. The number of hydrogen-bond donors (Lipinski definition) is 3. The fourth-order valence-electron chi connectivity index (χ4n) is 5.42. The van der Waals surface area contributed by atoms with Crippen molar-refractivity contribution in [1.82, 2.24) is 9.21 Å². The van der Waals surface area contributed by atoms with Crippen LogP contribution >= 0.6 is 0 Å². The van der Waals surface area contributed by atoms with Crippen LogP contribution in [0.1, 0.15) is 24.2 Å². The number of amides is 3. The number of fused-ring (bicyclic) bond motifs is 2. The maximum Gasteiger partial charge on any atom is 0.323 e. The number of methoxy groups -OCH3 is 1. The number of anilines is 2. The third-order valence-electron chi connectivity index (χ3n) is 8.17. The Morgan fingerprint density at radius 3 is 2.50 bits per heavy atom. The second kappa shape index (κ2) is 13.8. The first-order valence-corrected chi connectivity index (χ1v) is 16.3. The molecule has 0 aliphatic carbocycles. The van der Waals surface area contributed by atoms with Crippen LogP contribution in [-0.4, -0.2) is 80.7 Å². The van der Waals surface area contributed by atoms with Crippen molar-refractivity contribution in [2.75, 3.05) is 44.5 Å². The summed E-state index contributed by atoms with van der Waals surface area (Å²) in [5, 5.41) is 17.5. The molecule has 0 saturated heterocycles. The molecule has 242 valence electrons. The predicted octanol–water partition coefficient (Wildman–Crippen LogP) is 5.03. The van der Waals surface area contributed by atoms with E-state index < -0.39 is 28.2 Å². The lowest BCUT2D eigenvalue weighted by atomic mass is 9.99. The number of rotatable bonds is 9. The molecular weight excluding hydrogens is 608 g/mol. The lowest BCUT2D eigenvalue weighted by molar-refractivity contribution is 0.0387. The molecular formula is C34H38N4O7S. The molecule has 4 aromatic carbocycles. The Labute approximate surface area is 268 Å². The Morgan fingerprint density at radius 2 is 1.78 bits per heavy atom. The summed E-state index contributed by atoms with van der Waals surface area (Å²) in [5.41, 5.74) is 1.17. The third-order valence-corrected chi connectivity index (χ3v) is 10.0. The molecule has 1 aliphatic rings. The first-order valence-electron chi connectivity index (χ1n) is 14.9. The summed E-state index contributed by atoms with van der Waals surface area (Å²) in [6.45, 7) is 3.55. The number of carbonyl (C=O) groups excluding carboxylic acids is 2. The van der Waals surface area contributed by atoms with Crippen molar-refractivity contribution in [3.63, 3.8) is 0 Å². The van der Waals surface area contributed by atoms with Crippen LogP contribution in [0.2, 0.25) is 0 Å². The van der Waals surface area contributed by atoms with Gasteiger partial charge >= 0.3 is 6.03 Å². The lowest BCUT2D eigenvalue weighted by Gasteiger charge is -2.38. The van der Waals surface area contributed by atoms with E-state index in [-0.39, 0.29) is 47.7 Å². The first kappa shape index (κ1) is 32.7. The number of nitrogens with one attached hydrogen (secondary N) is 2. The van der Waals surface area contributed by atoms with Gasteiger partial charge < -0.3 is 30.1 Å². The van der Waals surface area contributed by atoms with Gasteiger partial charge in [0.1, 0.15) is 17.6 Å². The summed E-state index contributed by atoms with van der Waals surface area (Å²) in [6.07, 6.45) is -0.647. The van der Waals surface area contributed by atoms with Crippen LogP contribution in [0.4, 0.5) is 16.2 Å². The highest BCUT2D eigenvalue weighted by atomic mass is 32.2. The summed E-state index contributed by atoms with van der Waals surface area (Å²) in [7, 11) is -0.879. The topological polar surface area (TPSA) is 138 Å². The van der Waals surface area contributed by atoms with Crippen molar-refractivity contribution in [1.29, 1.82) is 0 Å². The number of nitrogens with zero attached hydrogens (tertiary/aromatic N) is 2. The van der Waals surface area contributed by atoms with E-state index in [4.69, 9.17) is 9.47 Å². The molecule has 5 rings (SSSR count). The molecule has 0 radical (unpaired) electrons. The molecule has 11 nitrogen and oxygen atoms in total. The highest BCUT2D eigenvalue weighted by Gasteiger charge is 2.35. The molecule has 3 atom stereocenters. The molecule has 0 unspecified atom stereocenters. The van der Waals surface area contributed by atoms with Gasteiger partial charge in [-0.05, 0) is 60.8 Å². The zero-order valence-electron chi connectivity index (χ0n) is 26.1. The minimum atomic E-state index is -3.87. The molecule has 0 fully saturated rings. The number of sulfonamides is 1. The molecule has 4 aromatic rings. The Morgan fingerprint density at radius 1 is 1.07 bits per heavy atom. The highest BCUT2D eigenvalue weighted by molar-refractivity contribution is 7.89. The van der Waals surface area contributed by atoms with Gasteiger partial charge in [0.25, 0.3) is 5.91 Å². The Hall–Kier alpha value is -4.65. The van der Waals surface area contributed by atoms with Crippen LogP contribution in [0.15, 0.2) is 89.8 Å². The first-order chi connectivity index (χ1) is 22.0. The number of carbonyl (C=O) groups is 2. The smallest absolute Gasteiger partial charge is 0.323 e. The van der Waals surface area contributed by atoms with Crippen LogP contribution in [0.3, 0.4) is 0 Å². The monoisotopic (exact) mass is 646 g/mol. The molecule has 1 heterocycles. The van der Waals surface area contributed by atoms with Crippen molar-refractivity contribution in [3.8, 4) is 11.5 Å². The molecule has 3 N–H and O–H groups in total. The van der Waals surface area contributed by atoms with E-state index in [1.807, 2.05) is 43.3 Å². The Bertz CT molecular complexity index is 1830. The number of benzene rings is 4. The maximum atomic E-state index is 13.8. The second-order valence-electron chi connectivity index (χ2n) is 11.4. The molecule has 0 bridgehead atoms. The number of hydrogen-bond acceptors (Lipinski definition) is 7. The van der Waals surface area contributed by atoms with Gasteiger partial charge in [0.05, 0.1) is 42.4 Å². The van der Waals surface area contributed by atoms with E-state index >= 15 is 0 Å². The number of urea groups is 1. The molecule has 12 heteroatoms. The van der Waals surface area contributed by atoms with E-state index in [0.29, 0.717) is 17.1 Å². The van der Waals surface area contributed by atoms with Gasteiger partial charge in [0.15, 0.2) is 0 Å². The van der Waals surface area contributed by atoms with E-state index in [2.05, 4.69) is 10.6 Å². The van der Waals surface area contributed by atoms with E-state index in [9.17, 15) is 23.1 Å². The minimum absolute atomic E-state index is 0.00204. The van der Waals surface area contributed by atoms with Gasteiger partial charge in [-0.15, -0.1) is 0 Å². The predicted molar refractivity (Wildman–Crippen MR) is 177 cm³/mol. The normalized spacial score (nSPS) is 17.4. The van der Waals surface area contributed by atoms with Crippen LogP contribution in [0, 0.1) is 5.92 Å². The third kappa shape index (κ3) is 6.94. The van der Waals surface area contributed by atoms with Crippen LogP contribution in [-0.2, 0) is 10.0 Å². The Balaban J connectivity index is 1.40. The van der Waals surface area contributed by atoms with Crippen molar-refractivity contribution in [2.24, 2.45) is 5.92 Å². The fourth-order valence-corrected chi connectivity index (χ4v) is 6.60. The summed E-state index contributed by atoms with van der Waals surface area (Å²) in [6, 6.07) is 23.2.